The number of nitrogens with zero attached hydrogens (tertiary/aromatic N) is 1. The summed E-state index contributed by atoms with van der Waals surface area (Å²) in [4.78, 5) is 0. The van der Waals surface area contributed by atoms with Crippen LogP contribution in [0.3, 0.4) is 0 Å². The lowest BCUT2D eigenvalue weighted by molar-refractivity contribution is 0.281. The minimum atomic E-state index is -0.262. The van der Waals surface area contributed by atoms with E-state index in [-0.39, 0.29) is 6.61 Å². The molecule has 0 amide bonds. The summed E-state index contributed by atoms with van der Waals surface area (Å²) >= 11 is 12.2. The molecule has 25 heavy (non-hydrogen) atoms. The molecule has 1 heterocycles. The van der Waals surface area contributed by atoms with Crippen LogP contribution in [0.2, 0.25) is 10.0 Å². The topological polar surface area (TPSA) is 64.7 Å². The number of halogens is 2. The smallest absolute Gasteiger partial charge is 0.173 e. The van der Waals surface area contributed by atoms with Gasteiger partial charge in [0.2, 0.25) is 0 Å². The summed E-state index contributed by atoms with van der Waals surface area (Å²) in [6.07, 6.45) is 0. The van der Waals surface area contributed by atoms with Crippen LogP contribution in [0.1, 0.15) is 5.56 Å². The number of aromatic nitrogens is 1. The number of rotatable bonds is 5. The fraction of sp³-hybridized carbons (Fsp3) is 0.167. The van der Waals surface area contributed by atoms with Gasteiger partial charge in [-0.25, -0.2) is 0 Å². The zero-order valence-electron chi connectivity index (χ0n) is 13.5. The number of aliphatic hydroxyl groups excluding tert-OH is 1. The van der Waals surface area contributed by atoms with Gasteiger partial charge in [0, 0.05) is 16.1 Å². The van der Waals surface area contributed by atoms with Crippen LogP contribution in [0.5, 0.6) is 11.5 Å². The van der Waals surface area contributed by atoms with Crippen molar-refractivity contribution in [3.63, 3.8) is 0 Å². The fourth-order valence-corrected chi connectivity index (χ4v) is 3.05. The van der Waals surface area contributed by atoms with Gasteiger partial charge in [-0.1, -0.05) is 28.4 Å². The van der Waals surface area contributed by atoms with Gasteiger partial charge in [0.1, 0.15) is 5.69 Å². The lowest BCUT2D eigenvalue weighted by Crippen LogP contribution is -1.93. The van der Waals surface area contributed by atoms with Gasteiger partial charge in [-0.2, -0.15) is 0 Å². The van der Waals surface area contributed by atoms with Crippen molar-refractivity contribution in [2.75, 3.05) is 14.2 Å². The van der Waals surface area contributed by atoms with Crippen molar-refractivity contribution in [2.45, 2.75) is 6.61 Å². The van der Waals surface area contributed by atoms with Crippen molar-refractivity contribution in [1.29, 1.82) is 0 Å². The summed E-state index contributed by atoms with van der Waals surface area (Å²) in [5.41, 5.74) is 2.32. The Morgan fingerprint density at radius 3 is 2.44 bits per heavy atom. The Morgan fingerprint density at radius 1 is 1.04 bits per heavy atom. The molecule has 130 valence electrons. The van der Waals surface area contributed by atoms with Crippen molar-refractivity contribution >= 4 is 23.2 Å². The number of hydrogen-bond donors (Lipinski definition) is 1. The SMILES string of the molecule is COc1ccc(-c2onc(-c3ccc(Cl)cc3Cl)c2CO)cc1OC. The van der Waals surface area contributed by atoms with Crippen molar-refractivity contribution in [3.8, 4) is 34.1 Å². The highest BCUT2D eigenvalue weighted by molar-refractivity contribution is 6.36. The average Bonchev–Trinajstić information content (AvgIpc) is 3.04. The molecule has 0 saturated heterocycles. The molecule has 0 unspecified atom stereocenters. The van der Waals surface area contributed by atoms with Crippen LogP contribution in [0.25, 0.3) is 22.6 Å². The number of benzene rings is 2. The van der Waals surface area contributed by atoms with E-state index in [1.165, 1.54) is 0 Å². The summed E-state index contributed by atoms with van der Waals surface area (Å²) in [5.74, 6) is 1.58. The quantitative estimate of drug-likeness (QED) is 0.687. The monoisotopic (exact) mass is 379 g/mol. The third kappa shape index (κ3) is 3.31. The molecule has 0 fully saturated rings. The van der Waals surface area contributed by atoms with Gasteiger partial charge in [0.15, 0.2) is 17.3 Å². The predicted octanol–water partition coefficient (Wildman–Crippen LogP) is 4.82. The maximum absolute atomic E-state index is 9.86. The minimum absolute atomic E-state index is 0.262. The maximum atomic E-state index is 9.86. The first-order valence-corrected chi connectivity index (χ1v) is 8.11. The Hall–Kier alpha value is -2.21. The molecule has 0 aliphatic rings. The summed E-state index contributed by atoms with van der Waals surface area (Å²) in [6, 6.07) is 10.4. The van der Waals surface area contributed by atoms with E-state index in [1.54, 1.807) is 50.6 Å². The van der Waals surface area contributed by atoms with Gasteiger partial charge in [-0.3, -0.25) is 0 Å². The van der Waals surface area contributed by atoms with Gasteiger partial charge in [-0.05, 0) is 36.4 Å². The van der Waals surface area contributed by atoms with Crippen LogP contribution in [0.15, 0.2) is 40.9 Å². The van der Waals surface area contributed by atoms with Gasteiger partial charge >= 0.3 is 0 Å². The fourth-order valence-electron chi connectivity index (χ4n) is 2.55. The molecule has 0 saturated carbocycles. The molecule has 0 bridgehead atoms. The van der Waals surface area contributed by atoms with Crippen LogP contribution >= 0.6 is 23.2 Å². The lowest BCUT2D eigenvalue weighted by atomic mass is 10.0. The molecule has 0 radical (unpaired) electrons. The molecule has 0 atom stereocenters. The second kappa shape index (κ2) is 7.35. The highest BCUT2D eigenvalue weighted by Gasteiger charge is 2.21. The molecule has 3 aromatic rings. The lowest BCUT2D eigenvalue weighted by Gasteiger charge is -2.09. The maximum Gasteiger partial charge on any atom is 0.173 e. The van der Waals surface area contributed by atoms with Crippen LogP contribution < -0.4 is 9.47 Å². The zero-order chi connectivity index (χ0) is 18.0. The van der Waals surface area contributed by atoms with Crippen molar-refractivity contribution < 1.29 is 19.1 Å². The zero-order valence-corrected chi connectivity index (χ0v) is 15.1. The van der Waals surface area contributed by atoms with E-state index in [4.69, 9.17) is 37.2 Å². The Kier molecular flexibility index (Phi) is 5.18. The van der Waals surface area contributed by atoms with Gasteiger partial charge in [0.25, 0.3) is 0 Å². The Balaban J connectivity index is 2.12. The van der Waals surface area contributed by atoms with Crippen LogP contribution in [-0.2, 0) is 6.61 Å². The number of ether oxygens (including phenoxy) is 2. The van der Waals surface area contributed by atoms with Crippen molar-refractivity contribution in [1.82, 2.24) is 5.16 Å². The molecule has 3 rings (SSSR count). The molecule has 0 aliphatic heterocycles. The second-order valence-corrected chi connectivity index (χ2v) is 6.03. The van der Waals surface area contributed by atoms with E-state index in [1.807, 2.05) is 0 Å². The molecule has 5 nitrogen and oxygen atoms in total. The first-order valence-electron chi connectivity index (χ1n) is 7.36. The van der Waals surface area contributed by atoms with E-state index >= 15 is 0 Å². The van der Waals surface area contributed by atoms with E-state index in [9.17, 15) is 5.11 Å². The minimum Gasteiger partial charge on any atom is -0.493 e. The van der Waals surface area contributed by atoms with E-state index in [0.29, 0.717) is 49.7 Å². The Bertz CT molecular complexity index is 908. The van der Waals surface area contributed by atoms with Crippen molar-refractivity contribution in [3.05, 3.63) is 52.0 Å². The second-order valence-electron chi connectivity index (χ2n) is 5.19. The van der Waals surface area contributed by atoms with Gasteiger partial charge in [-0.15, -0.1) is 0 Å². The normalized spacial score (nSPS) is 10.8. The standard InChI is InChI=1S/C18H15Cl2NO4/c1-23-15-6-3-10(7-16(15)24-2)18-13(9-22)17(21-25-18)12-5-4-11(19)8-14(12)20/h3-8,22H,9H2,1-2H3. The molecular formula is C18H15Cl2NO4. The van der Waals surface area contributed by atoms with E-state index < -0.39 is 0 Å². The van der Waals surface area contributed by atoms with Gasteiger partial charge < -0.3 is 19.1 Å². The van der Waals surface area contributed by atoms with Crippen LogP contribution in [0, 0.1) is 0 Å². The van der Waals surface area contributed by atoms with Crippen LogP contribution in [-0.4, -0.2) is 24.5 Å². The predicted molar refractivity (Wildman–Crippen MR) is 96.4 cm³/mol. The van der Waals surface area contributed by atoms with Gasteiger partial charge in [0.05, 0.1) is 31.4 Å². The molecule has 1 aromatic heterocycles. The van der Waals surface area contributed by atoms with E-state index in [2.05, 4.69) is 5.16 Å². The summed E-state index contributed by atoms with van der Waals surface area (Å²) in [5, 5.41) is 14.9. The highest BCUT2D eigenvalue weighted by Crippen LogP contribution is 2.39. The Morgan fingerprint density at radius 2 is 1.80 bits per heavy atom. The average molecular weight is 380 g/mol. The largest absolute Gasteiger partial charge is 0.493 e. The first-order chi connectivity index (χ1) is 12.1. The summed E-state index contributed by atoms with van der Waals surface area (Å²) in [6.45, 7) is -0.262. The molecule has 7 heteroatoms. The van der Waals surface area contributed by atoms with Crippen LogP contribution in [0.4, 0.5) is 0 Å². The number of methoxy groups -OCH3 is 2. The van der Waals surface area contributed by atoms with E-state index in [0.717, 1.165) is 0 Å². The molecular weight excluding hydrogens is 365 g/mol. The molecule has 0 spiro atoms. The number of aliphatic hydroxyl groups is 1. The highest BCUT2D eigenvalue weighted by atomic mass is 35.5. The molecule has 2 aromatic carbocycles. The molecule has 0 aliphatic carbocycles. The first kappa shape index (κ1) is 17.6. The number of hydrogen-bond acceptors (Lipinski definition) is 5. The third-order valence-electron chi connectivity index (χ3n) is 3.78. The third-order valence-corrected chi connectivity index (χ3v) is 4.33. The molecule has 1 N–H and O–H groups in total. The van der Waals surface area contributed by atoms with Crippen molar-refractivity contribution in [2.24, 2.45) is 0 Å². The Labute approximate surface area is 154 Å². The summed E-state index contributed by atoms with van der Waals surface area (Å²) in [7, 11) is 3.11. The summed E-state index contributed by atoms with van der Waals surface area (Å²) < 4.78 is 16.0.